The molecule has 1 aromatic rings. The Morgan fingerprint density at radius 2 is 1.81 bits per heavy atom. The van der Waals surface area contributed by atoms with E-state index >= 15 is 0 Å². The molecule has 0 aromatic heterocycles. The van der Waals surface area contributed by atoms with Crippen molar-refractivity contribution in [2.75, 3.05) is 12.4 Å². The second-order valence-corrected chi connectivity index (χ2v) is 11.2. The summed E-state index contributed by atoms with van der Waals surface area (Å²) in [5.74, 6) is 2.18. The molecule has 1 heterocycles. The first-order chi connectivity index (χ1) is 14.7. The van der Waals surface area contributed by atoms with Gasteiger partial charge in [-0.05, 0) is 92.0 Å². The minimum absolute atomic E-state index is 0.0521. The lowest BCUT2D eigenvalue weighted by Gasteiger charge is -2.60. The molecule has 1 aromatic carbocycles. The van der Waals surface area contributed by atoms with Crippen LogP contribution in [0, 0.1) is 34.5 Å². The molecular formula is C26H33ClN2O2. The first kappa shape index (κ1) is 21.1. The van der Waals surface area contributed by atoms with Crippen LogP contribution < -0.4 is 5.32 Å². The molecule has 5 rings (SSSR count). The van der Waals surface area contributed by atoms with Gasteiger partial charge in [-0.1, -0.05) is 31.5 Å². The van der Waals surface area contributed by atoms with E-state index in [4.69, 9.17) is 11.6 Å². The summed E-state index contributed by atoms with van der Waals surface area (Å²) < 4.78 is 0. The Kier molecular flexibility index (Phi) is 5.00. The number of nitrogens with zero attached hydrogens (tertiary/aromatic N) is 1. The average molecular weight is 441 g/mol. The number of benzene rings is 1. The number of hydrogen-bond acceptors (Lipinski definition) is 2. The largest absolute Gasteiger partial charge is 0.338 e. The van der Waals surface area contributed by atoms with Gasteiger partial charge >= 0.3 is 0 Å². The molecule has 0 bridgehead atoms. The lowest BCUT2D eigenvalue weighted by molar-refractivity contribution is -0.141. The topological polar surface area (TPSA) is 49.4 Å². The number of amides is 2. The number of anilines is 1. The number of fused-ring (bicyclic) bond motifs is 5. The highest BCUT2D eigenvalue weighted by molar-refractivity contribution is 6.30. The maximum Gasteiger partial charge on any atom is 0.246 e. The molecule has 31 heavy (non-hydrogen) atoms. The molecule has 4 nitrogen and oxygen atoms in total. The molecule has 4 aliphatic rings. The number of likely N-dealkylation sites (N-methyl/N-ethyl adjacent to an activating group) is 1. The standard InChI is InChI=1S/C26H33ClN2O2/c1-25-14-12-20-18(8-11-22-26(20,2)15-13-23(30)29(22)3)19(25)9-10-21(25)24(31)28-17-6-4-16(27)5-7-17/h4-7,13,15,18-22H,8-12,14H2,1-3H3,(H,28,31)/t18-,19-,20+,21?,22?,25-,26+/m0/s1. The fourth-order valence-electron chi connectivity index (χ4n) is 7.93. The van der Waals surface area contributed by atoms with Gasteiger partial charge in [0.05, 0.1) is 0 Å². The second kappa shape index (κ2) is 7.37. The third-order valence-corrected chi connectivity index (χ3v) is 9.81. The quantitative estimate of drug-likeness (QED) is 0.656. The highest BCUT2D eigenvalue weighted by atomic mass is 35.5. The molecule has 3 saturated carbocycles. The summed E-state index contributed by atoms with van der Waals surface area (Å²) in [5.41, 5.74) is 0.931. The Hall–Kier alpha value is -1.81. The lowest BCUT2D eigenvalue weighted by atomic mass is 9.47. The molecule has 1 N–H and O–H groups in total. The van der Waals surface area contributed by atoms with Crippen molar-refractivity contribution in [3.63, 3.8) is 0 Å². The molecule has 7 atom stereocenters. The molecular weight excluding hydrogens is 408 g/mol. The minimum Gasteiger partial charge on any atom is -0.338 e. The highest BCUT2D eigenvalue weighted by Crippen LogP contribution is 2.65. The van der Waals surface area contributed by atoms with Gasteiger partial charge < -0.3 is 10.2 Å². The first-order valence-corrected chi connectivity index (χ1v) is 12.1. The molecule has 0 saturated heterocycles. The number of nitrogens with one attached hydrogen (secondary N) is 1. The van der Waals surface area contributed by atoms with Gasteiger partial charge in [0.1, 0.15) is 0 Å². The number of carbonyl (C=O) groups is 2. The Labute approximate surface area is 190 Å². The predicted molar refractivity (Wildman–Crippen MR) is 124 cm³/mol. The third kappa shape index (κ3) is 3.16. The van der Waals surface area contributed by atoms with Crippen LogP contribution in [-0.4, -0.2) is 29.8 Å². The van der Waals surface area contributed by atoms with Gasteiger partial charge in [0.15, 0.2) is 0 Å². The summed E-state index contributed by atoms with van der Waals surface area (Å²) >= 11 is 5.99. The summed E-state index contributed by atoms with van der Waals surface area (Å²) in [5, 5.41) is 3.83. The number of halogens is 1. The van der Waals surface area contributed by atoms with Crippen molar-refractivity contribution < 1.29 is 9.59 Å². The average Bonchev–Trinajstić information content (AvgIpc) is 3.10. The van der Waals surface area contributed by atoms with Crippen molar-refractivity contribution in [3.05, 3.63) is 41.4 Å². The Morgan fingerprint density at radius 1 is 1.06 bits per heavy atom. The predicted octanol–water partition coefficient (Wildman–Crippen LogP) is 5.53. The maximum absolute atomic E-state index is 13.3. The van der Waals surface area contributed by atoms with Gasteiger partial charge in [0.25, 0.3) is 0 Å². The smallest absolute Gasteiger partial charge is 0.246 e. The van der Waals surface area contributed by atoms with E-state index < -0.39 is 0 Å². The summed E-state index contributed by atoms with van der Waals surface area (Å²) in [6.45, 7) is 4.74. The van der Waals surface area contributed by atoms with Crippen molar-refractivity contribution in [2.24, 2.45) is 34.5 Å². The Morgan fingerprint density at radius 3 is 2.55 bits per heavy atom. The van der Waals surface area contributed by atoms with E-state index in [9.17, 15) is 9.59 Å². The molecule has 5 heteroatoms. The Balaban J connectivity index is 1.37. The maximum atomic E-state index is 13.3. The zero-order valence-electron chi connectivity index (χ0n) is 18.7. The molecule has 3 fully saturated rings. The molecule has 3 aliphatic carbocycles. The summed E-state index contributed by atoms with van der Waals surface area (Å²) in [6.07, 6.45) is 10.6. The van der Waals surface area contributed by atoms with E-state index in [1.807, 2.05) is 36.2 Å². The van der Waals surface area contributed by atoms with E-state index in [1.54, 1.807) is 6.08 Å². The lowest BCUT2D eigenvalue weighted by Crippen LogP contribution is -2.59. The van der Waals surface area contributed by atoms with Gasteiger partial charge in [-0.15, -0.1) is 0 Å². The van der Waals surface area contributed by atoms with E-state index in [0.29, 0.717) is 28.8 Å². The van der Waals surface area contributed by atoms with Gasteiger partial charge in [0.2, 0.25) is 11.8 Å². The van der Waals surface area contributed by atoms with E-state index in [0.717, 1.165) is 37.8 Å². The van der Waals surface area contributed by atoms with Crippen molar-refractivity contribution in [1.29, 1.82) is 0 Å². The second-order valence-electron chi connectivity index (χ2n) is 10.8. The van der Waals surface area contributed by atoms with Gasteiger partial charge in [-0.3, -0.25) is 9.59 Å². The van der Waals surface area contributed by atoms with Crippen LogP contribution in [0.5, 0.6) is 0 Å². The van der Waals surface area contributed by atoms with E-state index in [2.05, 4.69) is 25.2 Å². The van der Waals surface area contributed by atoms with Crippen molar-refractivity contribution in [3.8, 4) is 0 Å². The van der Waals surface area contributed by atoms with Crippen LogP contribution in [0.2, 0.25) is 5.02 Å². The van der Waals surface area contributed by atoms with Crippen LogP contribution in [0.3, 0.4) is 0 Å². The van der Waals surface area contributed by atoms with Crippen LogP contribution in [0.25, 0.3) is 0 Å². The number of rotatable bonds is 2. The molecule has 2 unspecified atom stereocenters. The first-order valence-electron chi connectivity index (χ1n) is 11.8. The van der Waals surface area contributed by atoms with Crippen LogP contribution in [-0.2, 0) is 9.59 Å². The molecule has 1 aliphatic heterocycles. The third-order valence-electron chi connectivity index (χ3n) is 9.56. The SMILES string of the molecule is CN1C(=O)C=C[C@@]2(C)C1CC[C@@H]1[C@H]2CC[C@]2(C)C(C(=O)Nc3ccc(Cl)cc3)CC[C@@H]12. The normalized spacial score (nSPS) is 41.4. The van der Waals surface area contributed by atoms with Crippen molar-refractivity contribution >= 4 is 29.1 Å². The summed E-state index contributed by atoms with van der Waals surface area (Å²) in [4.78, 5) is 27.5. The molecule has 0 spiro atoms. The van der Waals surface area contributed by atoms with Crippen molar-refractivity contribution in [1.82, 2.24) is 4.90 Å². The fraction of sp³-hybridized carbons (Fsp3) is 0.615. The zero-order chi connectivity index (χ0) is 22.0. The summed E-state index contributed by atoms with van der Waals surface area (Å²) in [7, 11) is 1.97. The monoisotopic (exact) mass is 440 g/mol. The van der Waals surface area contributed by atoms with Gasteiger partial charge in [0, 0.05) is 35.1 Å². The zero-order valence-corrected chi connectivity index (χ0v) is 19.5. The Bertz CT molecular complexity index is 928. The van der Waals surface area contributed by atoms with E-state index in [1.165, 1.54) is 6.42 Å². The van der Waals surface area contributed by atoms with E-state index in [-0.39, 0.29) is 28.6 Å². The number of hydrogen-bond donors (Lipinski definition) is 1. The van der Waals surface area contributed by atoms with Crippen LogP contribution in [0.1, 0.15) is 52.4 Å². The van der Waals surface area contributed by atoms with Crippen LogP contribution in [0.15, 0.2) is 36.4 Å². The number of carbonyl (C=O) groups excluding carboxylic acids is 2. The van der Waals surface area contributed by atoms with Crippen LogP contribution in [0.4, 0.5) is 5.69 Å². The van der Waals surface area contributed by atoms with Crippen molar-refractivity contribution in [2.45, 2.75) is 58.4 Å². The molecule has 166 valence electrons. The van der Waals surface area contributed by atoms with Gasteiger partial charge in [-0.25, -0.2) is 0 Å². The molecule has 2 amide bonds. The fourth-order valence-corrected chi connectivity index (χ4v) is 8.06. The summed E-state index contributed by atoms with van der Waals surface area (Å²) in [6, 6.07) is 7.70. The minimum atomic E-state index is 0.0521. The molecule has 0 radical (unpaired) electrons. The van der Waals surface area contributed by atoms with Gasteiger partial charge in [-0.2, -0.15) is 0 Å². The van der Waals surface area contributed by atoms with Crippen LogP contribution >= 0.6 is 11.6 Å². The highest BCUT2D eigenvalue weighted by Gasteiger charge is 2.61.